The molecule has 4 saturated carbocycles. The fourth-order valence-electron chi connectivity index (χ4n) is 5.45. The molecule has 21 heavy (non-hydrogen) atoms. The number of aryl methyl sites for hydroxylation is 1. The third-order valence-corrected chi connectivity index (χ3v) is 5.98. The summed E-state index contributed by atoms with van der Waals surface area (Å²) >= 11 is 0. The van der Waals surface area contributed by atoms with E-state index in [1.807, 2.05) is 0 Å². The first kappa shape index (κ1) is 13.2. The van der Waals surface area contributed by atoms with E-state index in [2.05, 4.69) is 5.10 Å². The molecule has 112 valence electrons. The number of carbonyl (C=O) groups excluding carboxylic acids is 2. The van der Waals surface area contributed by atoms with Crippen molar-refractivity contribution in [3.05, 3.63) is 18.0 Å². The molecule has 4 bridgehead atoms. The van der Waals surface area contributed by atoms with E-state index in [9.17, 15) is 9.59 Å². The van der Waals surface area contributed by atoms with Crippen molar-refractivity contribution in [3.63, 3.8) is 0 Å². The molecule has 4 fully saturated rings. The maximum absolute atomic E-state index is 12.8. The number of hydrogen-bond donors (Lipinski definition) is 0. The average molecular weight is 286 g/mol. The minimum absolute atomic E-state index is 0.0659. The summed E-state index contributed by atoms with van der Waals surface area (Å²) in [5.74, 6) is 2.37. The van der Waals surface area contributed by atoms with E-state index in [1.165, 1.54) is 19.3 Å². The second kappa shape index (κ2) is 4.52. The predicted octanol–water partition coefficient (Wildman–Crippen LogP) is 2.78. The van der Waals surface area contributed by atoms with Crippen LogP contribution in [-0.4, -0.2) is 21.3 Å². The second-order valence-corrected chi connectivity index (χ2v) is 7.62. The molecular formula is C17H22N2O2. The molecule has 1 aromatic rings. The van der Waals surface area contributed by atoms with Crippen LogP contribution in [0.15, 0.2) is 12.4 Å². The zero-order chi connectivity index (χ0) is 14.6. The second-order valence-electron chi connectivity index (χ2n) is 7.62. The molecule has 0 atom stereocenters. The first-order chi connectivity index (χ1) is 10.0. The predicted molar refractivity (Wildman–Crippen MR) is 77.8 cm³/mol. The average Bonchev–Trinajstić information content (AvgIpc) is 2.84. The number of rotatable bonds is 4. The lowest BCUT2D eigenvalue weighted by atomic mass is 9.48. The zero-order valence-electron chi connectivity index (χ0n) is 12.5. The summed E-state index contributed by atoms with van der Waals surface area (Å²) in [4.78, 5) is 25.1. The van der Waals surface area contributed by atoms with Gasteiger partial charge in [-0.25, -0.2) is 0 Å². The van der Waals surface area contributed by atoms with Gasteiger partial charge in [-0.2, -0.15) is 5.10 Å². The van der Waals surface area contributed by atoms with Gasteiger partial charge < -0.3 is 0 Å². The molecule has 4 aliphatic rings. The smallest absolute Gasteiger partial charge is 0.173 e. The normalized spacial score (nSPS) is 36.9. The van der Waals surface area contributed by atoms with Crippen LogP contribution >= 0.6 is 0 Å². The third kappa shape index (κ3) is 2.16. The van der Waals surface area contributed by atoms with E-state index >= 15 is 0 Å². The summed E-state index contributed by atoms with van der Waals surface area (Å²) in [6.45, 7) is 0. The van der Waals surface area contributed by atoms with Crippen LogP contribution in [0, 0.1) is 23.2 Å². The third-order valence-electron chi connectivity index (χ3n) is 5.98. The molecule has 0 saturated heterocycles. The van der Waals surface area contributed by atoms with Gasteiger partial charge in [0.25, 0.3) is 0 Å². The van der Waals surface area contributed by atoms with Crippen molar-refractivity contribution < 1.29 is 9.59 Å². The highest BCUT2D eigenvalue weighted by molar-refractivity contribution is 6.09. The summed E-state index contributed by atoms with van der Waals surface area (Å²) in [7, 11) is 1.79. The first-order valence-corrected chi connectivity index (χ1v) is 8.09. The summed E-state index contributed by atoms with van der Waals surface area (Å²) in [5, 5.41) is 4.02. The molecular weight excluding hydrogens is 264 g/mol. The molecule has 5 rings (SSSR count). The molecule has 0 unspecified atom stereocenters. The Hall–Kier alpha value is -1.45. The molecule has 4 aliphatic carbocycles. The topological polar surface area (TPSA) is 52.0 Å². The molecule has 1 heterocycles. The number of ketones is 2. The lowest BCUT2D eigenvalue weighted by molar-refractivity contribution is -0.142. The van der Waals surface area contributed by atoms with Crippen LogP contribution in [0.4, 0.5) is 0 Å². The van der Waals surface area contributed by atoms with Crippen LogP contribution in [0.5, 0.6) is 0 Å². The summed E-state index contributed by atoms with van der Waals surface area (Å²) in [6.07, 6.45) is 10.4. The SMILES string of the molecule is Cn1cc(C(=O)CC(=O)C23CC4CC(CC(C4)C2)C3)cn1. The van der Waals surface area contributed by atoms with Crippen LogP contribution in [-0.2, 0) is 11.8 Å². The van der Waals surface area contributed by atoms with Gasteiger partial charge in [0.05, 0.1) is 18.2 Å². The number of aromatic nitrogens is 2. The maximum Gasteiger partial charge on any atom is 0.173 e. The Bertz CT molecular complexity index is 566. The molecule has 4 heteroatoms. The van der Waals surface area contributed by atoms with Gasteiger partial charge in [0, 0.05) is 18.7 Å². The van der Waals surface area contributed by atoms with Crippen molar-refractivity contribution in [1.29, 1.82) is 0 Å². The Morgan fingerprint density at radius 2 is 1.76 bits per heavy atom. The lowest BCUT2D eigenvalue weighted by Crippen LogP contribution is -2.50. The number of Topliss-reactive ketones (excluding diaryl/α,β-unsaturated/α-hetero) is 2. The highest BCUT2D eigenvalue weighted by Gasteiger charge is 2.54. The van der Waals surface area contributed by atoms with Crippen LogP contribution in [0.1, 0.15) is 55.3 Å². The van der Waals surface area contributed by atoms with E-state index in [0.717, 1.165) is 37.0 Å². The van der Waals surface area contributed by atoms with Crippen LogP contribution in [0.25, 0.3) is 0 Å². The number of carbonyl (C=O) groups is 2. The Morgan fingerprint density at radius 3 is 2.24 bits per heavy atom. The molecule has 0 aliphatic heterocycles. The molecule has 0 aromatic carbocycles. The summed E-state index contributed by atoms with van der Waals surface area (Å²) in [6, 6.07) is 0. The minimum Gasteiger partial charge on any atom is -0.299 e. The van der Waals surface area contributed by atoms with Crippen molar-refractivity contribution in [2.45, 2.75) is 44.9 Å². The van der Waals surface area contributed by atoms with Gasteiger partial charge in [-0.05, 0) is 56.3 Å². The van der Waals surface area contributed by atoms with Gasteiger partial charge in [0.1, 0.15) is 5.78 Å². The van der Waals surface area contributed by atoms with Crippen molar-refractivity contribution in [2.75, 3.05) is 0 Å². The fourth-order valence-corrected chi connectivity index (χ4v) is 5.45. The molecule has 0 amide bonds. The van der Waals surface area contributed by atoms with Gasteiger partial charge in [-0.1, -0.05) is 0 Å². The van der Waals surface area contributed by atoms with Crippen molar-refractivity contribution in [3.8, 4) is 0 Å². The fraction of sp³-hybridized carbons (Fsp3) is 0.706. The van der Waals surface area contributed by atoms with Crippen molar-refractivity contribution in [2.24, 2.45) is 30.2 Å². The van der Waals surface area contributed by atoms with Crippen molar-refractivity contribution in [1.82, 2.24) is 9.78 Å². The molecule has 0 N–H and O–H groups in total. The Labute approximate surface area is 124 Å². The van der Waals surface area contributed by atoms with Gasteiger partial charge in [-0.15, -0.1) is 0 Å². The van der Waals surface area contributed by atoms with E-state index in [4.69, 9.17) is 0 Å². The van der Waals surface area contributed by atoms with Gasteiger partial charge in [0.2, 0.25) is 0 Å². The van der Waals surface area contributed by atoms with E-state index < -0.39 is 0 Å². The monoisotopic (exact) mass is 286 g/mol. The maximum atomic E-state index is 12.8. The standard InChI is InChI=1S/C17H22N2O2/c1-19-10-14(9-18-19)15(20)5-16(21)17-6-11-2-12(7-17)4-13(3-11)8-17/h9-13H,2-8H2,1H3. The summed E-state index contributed by atoms with van der Waals surface area (Å²) < 4.78 is 1.61. The molecule has 0 radical (unpaired) electrons. The lowest BCUT2D eigenvalue weighted by Gasteiger charge is -2.56. The van der Waals surface area contributed by atoms with Crippen LogP contribution in [0.2, 0.25) is 0 Å². The number of nitrogens with zero attached hydrogens (tertiary/aromatic N) is 2. The van der Waals surface area contributed by atoms with E-state index in [1.54, 1.807) is 24.1 Å². The molecule has 0 spiro atoms. The minimum atomic E-state index is -0.160. The number of hydrogen-bond acceptors (Lipinski definition) is 3. The van der Waals surface area contributed by atoms with Crippen molar-refractivity contribution >= 4 is 11.6 Å². The van der Waals surface area contributed by atoms with Gasteiger partial charge in [-0.3, -0.25) is 14.3 Å². The van der Waals surface area contributed by atoms with Crippen LogP contribution in [0.3, 0.4) is 0 Å². The van der Waals surface area contributed by atoms with Gasteiger partial charge >= 0.3 is 0 Å². The summed E-state index contributed by atoms with van der Waals surface area (Å²) in [5.41, 5.74) is 0.405. The molecule has 4 nitrogen and oxygen atoms in total. The van der Waals surface area contributed by atoms with Gasteiger partial charge in [0.15, 0.2) is 5.78 Å². The highest BCUT2D eigenvalue weighted by atomic mass is 16.1. The molecule has 1 aromatic heterocycles. The quantitative estimate of drug-likeness (QED) is 0.631. The zero-order valence-corrected chi connectivity index (χ0v) is 12.5. The highest BCUT2D eigenvalue weighted by Crippen LogP contribution is 2.60. The van der Waals surface area contributed by atoms with Crippen LogP contribution < -0.4 is 0 Å². The van der Waals surface area contributed by atoms with E-state index in [0.29, 0.717) is 5.56 Å². The Kier molecular flexibility index (Phi) is 2.85. The Morgan fingerprint density at radius 1 is 1.19 bits per heavy atom. The Balaban J connectivity index is 1.51. The first-order valence-electron chi connectivity index (χ1n) is 8.09. The largest absolute Gasteiger partial charge is 0.299 e. The van der Waals surface area contributed by atoms with E-state index in [-0.39, 0.29) is 23.4 Å².